The molecule has 0 bridgehead atoms. The molecule has 0 fully saturated rings. The van der Waals surface area contributed by atoms with Crippen LogP contribution in [0.3, 0.4) is 0 Å². The predicted molar refractivity (Wildman–Crippen MR) is 104 cm³/mol. The zero-order chi connectivity index (χ0) is 20.4. The molecule has 0 saturated heterocycles. The normalized spacial score (nSPS) is 12.6. The van der Waals surface area contributed by atoms with Gasteiger partial charge in [0.05, 0.1) is 24.2 Å². The van der Waals surface area contributed by atoms with E-state index in [-0.39, 0.29) is 29.6 Å². The number of hydrogen-bond acceptors (Lipinski definition) is 7. The van der Waals surface area contributed by atoms with Gasteiger partial charge in [-0.2, -0.15) is 0 Å². The Balaban J connectivity index is 1.71. The Morgan fingerprint density at radius 3 is 2.97 bits per heavy atom. The maximum Gasteiger partial charge on any atom is 0.327 e. The summed E-state index contributed by atoms with van der Waals surface area (Å²) in [5, 5.41) is 3.87. The highest BCUT2D eigenvalue weighted by molar-refractivity contribution is 6.10. The molecule has 10 heteroatoms. The Morgan fingerprint density at radius 2 is 2.21 bits per heavy atom. The highest BCUT2D eigenvalue weighted by atomic mass is 19.1. The van der Waals surface area contributed by atoms with E-state index in [0.29, 0.717) is 28.1 Å². The molecule has 29 heavy (non-hydrogen) atoms. The fourth-order valence-corrected chi connectivity index (χ4v) is 2.70. The van der Waals surface area contributed by atoms with Crippen molar-refractivity contribution in [3.8, 4) is 0 Å². The van der Waals surface area contributed by atoms with E-state index in [9.17, 15) is 9.18 Å². The van der Waals surface area contributed by atoms with Crippen LogP contribution in [0.25, 0.3) is 16.9 Å². The summed E-state index contributed by atoms with van der Waals surface area (Å²) < 4.78 is 20.2. The van der Waals surface area contributed by atoms with Crippen molar-refractivity contribution in [2.24, 2.45) is 17.8 Å². The molecule has 3 N–H and O–H groups in total. The van der Waals surface area contributed by atoms with Gasteiger partial charge in [0.25, 0.3) is 0 Å². The molecular formula is C19H16FN7O2. The molecule has 1 aromatic carbocycles. The summed E-state index contributed by atoms with van der Waals surface area (Å²) in [5.41, 5.74) is 8.22. The molecule has 9 nitrogen and oxygen atoms in total. The van der Waals surface area contributed by atoms with Crippen LogP contribution in [0.1, 0.15) is 17.1 Å². The third-order valence-electron chi connectivity index (χ3n) is 4.29. The van der Waals surface area contributed by atoms with E-state index >= 15 is 0 Å². The van der Waals surface area contributed by atoms with Crippen LogP contribution in [0, 0.1) is 5.82 Å². The summed E-state index contributed by atoms with van der Waals surface area (Å²) in [6.07, 6.45) is 4.43. The van der Waals surface area contributed by atoms with Gasteiger partial charge < -0.3 is 10.3 Å². The van der Waals surface area contributed by atoms with Crippen molar-refractivity contribution in [1.82, 2.24) is 24.7 Å². The number of benzene rings is 1. The van der Waals surface area contributed by atoms with Crippen LogP contribution in [-0.4, -0.2) is 30.4 Å². The van der Waals surface area contributed by atoms with Crippen molar-refractivity contribution in [2.75, 3.05) is 0 Å². The Morgan fingerprint density at radius 1 is 1.38 bits per heavy atom. The number of fused-ring (bicyclic) bond motifs is 1. The number of aromatic nitrogens is 5. The highest BCUT2D eigenvalue weighted by Crippen LogP contribution is 2.13. The number of hydrogen-bond donors (Lipinski definition) is 2. The van der Waals surface area contributed by atoms with Gasteiger partial charge in [-0.15, -0.1) is 0 Å². The lowest BCUT2D eigenvalue weighted by Gasteiger charge is -2.04. The lowest BCUT2D eigenvalue weighted by Crippen LogP contribution is -2.11. The predicted octanol–water partition coefficient (Wildman–Crippen LogP) is 1.77. The molecule has 3 aromatic heterocycles. The third kappa shape index (κ3) is 3.68. The third-order valence-corrected chi connectivity index (χ3v) is 4.29. The Bertz CT molecular complexity index is 1290. The summed E-state index contributed by atoms with van der Waals surface area (Å²) in [5.74, 6) is -0.143. The monoisotopic (exact) mass is 393 g/mol. The average molecular weight is 393 g/mol. The lowest BCUT2D eigenvalue weighted by atomic mass is 10.2. The van der Waals surface area contributed by atoms with Gasteiger partial charge in [0.15, 0.2) is 11.5 Å². The van der Waals surface area contributed by atoms with Crippen molar-refractivity contribution in [2.45, 2.75) is 6.54 Å². The number of rotatable bonds is 5. The van der Waals surface area contributed by atoms with E-state index in [0.717, 1.165) is 0 Å². The van der Waals surface area contributed by atoms with Gasteiger partial charge in [-0.05, 0) is 12.1 Å². The fraction of sp³-hybridized carbons (Fsp3) is 0.105. The summed E-state index contributed by atoms with van der Waals surface area (Å²) in [6, 6.07) is 7.98. The zero-order valence-corrected chi connectivity index (χ0v) is 15.3. The number of imidazole rings is 1. The van der Waals surface area contributed by atoms with Crippen LogP contribution in [0.2, 0.25) is 0 Å². The van der Waals surface area contributed by atoms with E-state index in [2.05, 4.69) is 25.1 Å². The van der Waals surface area contributed by atoms with Gasteiger partial charge in [0.2, 0.25) is 0 Å². The van der Waals surface area contributed by atoms with E-state index in [1.54, 1.807) is 31.3 Å². The maximum absolute atomic E-state index is 13.9. The number of nitrogens with zero attached hydrogens (tertiary/aromatic N) is 5. The van der Waals surface area contributed by atoms with E-state index in [1.807, 2.05) is 0 Å². The summed E-state index contributed by atoms with van der Waals surface area (Å²) in [7, 11) is 1.61. The van der Waals surface area contributed by atoms with Gasteiger partial charge in [0, 0.05) is 18.7 Å². The molecule has 0 amide bonds. The number of allylic oxidation sites excluding steroid dienone is 1. The number of H-pyrrole nitrogens is 1. The second-order valence-corrected chi connectivity index (χ2v) is 6.19. The summed E-state index contributed by atoms with van der Waals surface area (Å²) in [6.45, 7) is 0.0878. The minimum absolute atomic E-state index is 0.0878. The summed E-state index contributed by atoms with van der Waals surface area (Å²) in [4.78, 5) is 27.3. The molecule has 146 valence electrons. The first kappa shape index (κ1) is 18.3. The van der Waals surface area contributed by atoms with E-state index in [4.69, 9.17) is 10.3 Å². The van der Waals surface area contributed by atoms with Crippen LogP contribution >= 0.6 is 0 Å². The molecule has 0 atom stereocenters. The number of nitrogens with two attached hydrogens (primary N) is 1. The minimum atomic E-state index is -0.352. The Kier molecular flexibility index (Phi) is 4.73. The number of aryl methyl sites for hydroxylation is 1. The molecule has 0 saturated carbocycles. The zero-order valence-electron chi connectivity index (χ0n) is 15.3. The minimum Gasteiger partial charge on any atom is -0.396 e. The largest absolute Gasteiger partial charge is 0.396 e. The molecule has 0 spiro atoms. The average Bonchev–Trinajstić information content (AvgIpc) is 3.34. The van der Waals surface area contributed by atoms with Crippen molar-refractivity contribution in [3.63, 3.8) is 0 Å². The standard InChI is InChI=1S/C19H16FN7O2/c1-27-16-10-23-17(24-18(16)25-19(27)28)13(21)8-15(14-6-7-29-26-14)22-9-11-4-2-3-5-12(11)20/h2-8,10H,9,21H2,1H3,(H,23,24,25,28). The number of nitrogens with one attached hydrogen (secondary N) is 1. The van der Waals surface area contributed by atoms with Crippen LogP contribution in [-0.2, 0) is 13.6 Å². The van der Waals surface area contributed by atoms with Crippen molar-refractivity contribution in [3.05, 3.63) is 82.3 Å². The van der Waals surface area contributed by atoms with Crippen molar-refractivity contribution in [1.29, 1.82) is 0 Å². The Labute approximate surface area is 163 Å². The second-order valence-electron chi connectivity index (χ2n) is 6.19. The molecule has 0 aliphatic heterocycles. The lowest BCUT2D eigenvalue weighted by molar-refractivity contribution is 0.418. The molecule has 4 aromatic rings. The van der Waals surface area contributed by atoms with Gasteiger partial charge in [-0.3, -0.25) is 14.5 Å². The van der Waals surface area contributed by atoms with E-state index < -0.39 is 0 Å². The molecule has 0 aliphatic rings. The Hall–Kier alpha value is -4.08. The molecule has 3 heterocycles. The van der Waals surface area contributed by atoms with Crippen LogP contribution in [0.5, 0.6) is 0 Å². The van der Waals surface area contributed by atoms with Crippen LogP contribution in [0.15, 0.2) is 63.2 Å². The summed E-state index contributed by atoms with van der Waals surface area (Å²) >= 11 is 0. The fourth-order valence-electron chi connectivity index (χ4n) is 2.70. The smallest absolute Gasteiger partial charge is 0.327 e. The highest BCUT2D eigenvalue weighted by Gasteiger charge is 2.11. The SMILES string of the molecule is Cn1c(=O)[nH]c2nc(C(N)=CC(=NCc3ccccc3F)c3ccon3)ncc21. The number of halogens is 1. The van der Waals surface area contributed by atoms with E-state index in [1.165, 1.54) is 29.2 Å². The van der Waals surface area contributed by atoms with Crippen molar-refractivity contribution >= 4 is 22.6 Å². The quantitative estimate of drug-likeness (QED) is 0.497. The van der Waals surface area contributed by atoms with Gasteiger partial charge >= 0.3 is 5.69 Å². The number of aromatic amines is 1. The first-order chi connectivity index (χ1) is 14.0. The maximum atomic E-state index is 13.9. The van der Waals surface area contributed by atoms with Gasteiger partial charge in [0.1, 0.15) is 23.3 Å². The first-order valence-electron chi connectivity index (χ1n) is 8.61. The number of aliphatic imine (C=N–C) groups is 1. The molecular weight excluding hydrogens is 377 g/mol. The van der Waals surface area contributed by atoms with Crippen LogP contribution < -0.4 is 11.4 Å². The molecule has 0 aliphatic carbocycles. The van der Waals surface area contributed by atoms with Crippen molar-refractivity contribution < 1.29 is 8.91 Å². The van der Waals surface area contributed by atoms with Gasteiger partial charge in [-0.25, -0.2) is 19.2 Å². The molecule has 0 unspecified atom stereocenters. The molecule has 0 radical (unpaired) electrons. The molecule has 4 rings (SSSR count). The topological polar surface area (TPSA) is 128 Å². The second kappa shape index (κ2) is 7.50. The van der Waals surface area contributed by atoms with Gasteiger partial charge in [-0.1, -0.05) is 23.4 Å². The first-order valence-corrected chi connectivity index (χ1v) is 8.61. The van der Waals surface area contributed by atoms with Crippen LogP contribution in [0.4, 0.5) is 4.39 Å².